The molecule has 0 saturated carbocycles. The number of imidazole rings is 1. The number of alkyl halides is 3. The quantitative estimate of drug-likeness (QED) is 0.359. The fraction of sp³-hybridized carbons (Fsp3) is 0.333. The fourth-order valence-electron chi connectivity index (χ4n) is 4.42. The van der Waals surface area contributed by atoms with Crippen LogP contribution in [0.1, 0.15) is 39.9 Å². The van der Waals surface area contributed by atoms with Crippen molar-refractivity contribution in [3.05, 3.63) is 70.7 Å². The molecular formula is C24H23F4N7O3S. The highest BCUT2D eigenvalue weighted by molar-refractivity contribution is 7.89. The lowest BCUT2D eigenvalue weighted by atomic mass is 10.2. The molecule has 0 unspecified atom stereocenters. The van der Waals surface area contributed by atoms with Gasteiger partial charge in [-0.05, 0) is 42.7 Å². The molecule has 5 rings (SSSR count). The average molecular weight is 566 g/mol. The number of carbonyl (C=O) groups is 1. The number of halogens is 4. The summed E-state index contributed by atoms with van der Waals surface area (Å²) in [5.74, 6) is -1.13. The third kappa shape index (κ3) is 4.87. The van der Waals surface area contributed by atoms with Crippen molar-refractivity contribution in [2.45, 2.75) is 45.4 Å². The number of aryl methyl sites for hydroxylation is 2. The number of sulfonamides is 1. The van der Waals surface area contributed by atoms with E-state index in [0.29, 0.717) is 33.3 Å². The van der Waals surface area contributed by atoms with Crippen LogP contribution in [0, 0.1) is 12.7 Å². The lowest BCUT2D eigenvalue weighted by Crippen LogP contribution is -2.44. The Morgan fingerprint density at radius 1 is 1.18 bits per heavy atom. The Morgan fingerprint density at radius 2 is 1.95 bits per heavy atom. The molecule has 0 radical (unpaired) electrons. The number of fused-ring (bicyclic) bond motifs is 2. The molecular weight excluding hydrogens is 542 g/mol. The summed E-state index contributed by atoms with van der Waals surface area (Å²) in [6.45, 7) is 2.68. The molecule has 4 aromatic heterocycles. The molecule has 0 bridgehead atoms. The molecule has 39 heavy (non-hydrogen) atoms. The lowest BCUT2D eigenvalue weighted by molar-refractivity contribution is -0.0496. The van der Waals surface area contributed by atoms with Crippen molar-refractivity contribution in [3.63, 3.8) is 0 Å². The molecule has 0 aromatic carbocycles. The zero-order valence-electron chi connectivity index (χ0n) is 20.8. The largest absolute Gasteiger partial charge is 0.511 e. The first-order valence-electron chi connectivity index (χ1n) is 11.9. The van der Waals surface area contributed by atoms with Crippen LogP contribution in [0.4, 0.5) is 17.6 Å². The molecule has 15 heteroatoms. The smallest absolute Gasteiger partial charge is 0.347 e. The highest BCUT2D eigenvalue weighted by Gasteiger charge is 2.50. The van der Waals surface area contributed by atoms with Gasteiger partial charge in [-0.15, -0.1) is 0 Å². The SMILES string of the molecule is CCc1nc2ccc(C)cn2c1C(=O)NCc1cnc(-c2cc3n(n2)CCN(S(=O)(=O)C(F)(F)F)C3)c(F)c1. The molecule has 1 amide bonds. The van der Waals surface area contributed by atoms with E-state index in [1.54, 1.807) is 4.40 Å². The van der Waals surface area contributed by atoms with Gasteiger partial charge < -0.3 is 5.32 Å². The highest BCUT2D eigenvalue weighted by Crippen LogP contribution is 2.31. The van der Waals surface area contributed by atoms with Gasteiger partial charge in [-0.1, -0.05) is 13.0 Å². The Labute approximate surface area is 220 Å². The summed E-state index contributed by atoms with van der Waals surface area (Å²) in [7, 11) is -5.50. The Kier molecular flexibility index (Phi) is 6.66. The van der Waals surface area contributed by atoms with Gasteiger partial charge in [0.25, 0.3) is 5.91 Å². The Balaban J connectivity index is 1.32. The van der Waals surface area contributed by atoms with Crippen LogP contribution in [0.2, 0.25) is 0 Å². The first-order valence-corrected chi connectivity index (χ1v) is 13.4. The lowest BCUT2D eigenvalue weighted by Gasteiger charge is -2.27. The van der Waals surface area contributed by atoms with Gasteiger partial charge in [-0.25, -0.2) is 17.8 Å². The summed E-state index contributed by atoms with van der Waals surface area (Å²) in [5.41, 5.74) is -2.35. The van der Waals surface area contributed by atoms with Crippen molar-refractivity contribution in [2.75, 3.05) is 6.54 Å². The van der Waals surface area contributed by atoms with E-state index in [0.717, 1.165) is 5.56 Å². The maximum Gasteiger partial charge on any atom is 0.511 e. The summed E-state index contributed by atoms with van der Waals surface area (Å²) in [6, 6.07) is 6.21. The summed E-state index contributed by atoms with van der Waals surface area (Å²) in [4.78, 5) is 21.6. The normalized spacial score (nSPS) is 14.5. The molecule has 4 aromatic rings. The van der Waals surface area contributed by atoms with E-state index in [1.807, 2.05) is 32.2 Å². The predicted octanol–water partition coefficient (Wildman–Crippen LogP) is 3.20. The minimum Gasteiger partial charge on any atom is -0.347 e. The van der Waals surface area contributed by atoms with Gasteiger partial charge in [0.1, 0.15) is 22.7 Å². The van der Waals surface area contributed by atoms with E-state index < -0.39 is 34.4 Å². The summed E-state index contributed by atoms with van der Waals surface area (Å²) in [5, 5.41) is 6.95. The van der Waals surface area contributed by atoms with Crippen LogP contribution in [0.5, 0.6) is 0 Å². The van der Waals surface area contributed by atoms with E-state index in [9.17, 15) is 30.8 Å². The maximum atomic E-state index is 15.0. The molecule has 10 nitrogen and oxygen atoms in total. The number of hydrogen-bond donors (Lipinski definition) is 1. The molecule has 1 aliphatic rings. The molecule has 0 aliphatic carbocycles. The van der Waals surface area contributed by atoms with Gasteiger partial charge in [0.2, 0.25) is 0 Å². The Morgan fingerprint density at radius 3 is 2.64 bits per heavy atom. The van der Waals surface area contributed by atoms with E-state index >= 15 is 0 Å². The third-order valence-corrected chi connectivity index (χ3v) is 7.95. The van der Waals surface area contributed by atoms with Crippen molar-refractivity contribution in [1.29, 1.82) is 0 Å². The number of rotatable bonds is 6. The molecule has 1 N–H and O–H groups in total. The van der Waals surface area contributed by atoms with E-state index in [2.05, 4.69) is 20.4 Å². The van der Waals surface area contributed by atoms with Crippen molar-refractivity contribution in [1.82, 2.24) is 33.8 Å². The minimum atomic E-state index is -5.50. The van der Waals surface area contributed by atoms with Crippen molar-refractivity contribution in [3.8, 4) is 11.4 Å². The van der Waals surface area contributed by atoms with Gasteiger partial charge >= 0.3 is 15.5 Å². The number of amides is 1. The van der Waals surface area contributed by atoms with Crippen LogP contribution in [-0.2, 0) is 36.1 Å². The van der Waals surface area contributed by atoms with Gasteiger partial charge in [-0.2, -0.15) is 22.6 Å². The standard InChI is InChI=1S/C24H23F4N7O3S/c1-3-18-22(34-12-14(2)4-5-20(34)31-18)23(36)30-11-15-8-17(25)21(29-10-15)19-9-16-13-33(6-7-35(16)32-19)39(37,38)24(26,27)28/h4-5,8-10,12H,3,6-7,11,13H2,1-2H3,(H,30,36). The van der Waals surface area contributed by atoms with Crippen LogP contribution < -0.4 is 5.32 Å². The zero-order chi connectivity index (χ0) is 28.1. The van der Waals surface area contributed by atoms with Crippen molar-refractivity contribution >= 4 is 21.6 Å². The second-order valence-electron chi connectivity index (χ2n) is 9.08. The van der Waals surface area contributed by atoms with Gasteiger partial charge in [-0.3, -0.25) is 18.9 Å². The molecule has 5 heterocycles. The first kappa shape index (κ1) is 26.7. The topological polar surface area (TPSA) is 114 Å². The number of aromatic nitrogens is 5. The van der Waals surface area contributed by atoms with E-state index in [4.69, 9.17) is 0 Å². The molecule has 0 atom stereocenters. The molecule has 206 valence electrons. The molecule has 0 fully saturated rings. The van der Waals surface area contributed by atoms with Crippen molar-refractivity contribution in [2.24, 2.45) is 0 Å². The van der Waals surface area contributed by atoms with Crippen LogP contribution in [0.15, 0.2) is 36.7 Å². The van der Waals surface area contributed by atoms with Gasteiger partial charge in [0.05, 0.1) is 24.5 Å². The second-order valence-corrected chi connectivity index (χ2v) is 11.0. The van der Waals surface area contributed by atoms with Gasteiger partial charge in [0.15, 0.2) is 5.82 Å². The number of carbonyl (C=O) groups excluding carboxylic acids is 1. The molecule has 0 saturated heterocycles. The Hall–Kier alpha value is -3.85. The van der Waals surface area contributed by atoms with E-state index in [-0.39, 0.29) is 36.1 Å². The van der Waals surface area contributed by atoms with Gasteiger partial charge in [0, 0.05) is 25.5 Å². The summed E-state index contributed by atoms with van der Waals surface area (Å²) >= 11 is 0. The fourth-order valence-corrected chi connectivity index (χ4v) is 5.34. The number of nitrogens with zero attached hydrogens (tertiary/aromatic N) is 6. The first-order chi connectivity index (χ1) is 18.4. The summed E-state index contributed by atoms with van der Waals surface area (Å²) in [6.07, 6.45) is 3.72. The van der Waals surface area contributed by atoms with Crippen molar-refractivity contribution < 1.29 is 30.8 Å². The monoisotopic (exact) mass is 565 g/mol. The minimum absolute atomic E-state index is 0.0187. The predicted molar refractivity (Wildman–Crippen MR) is 131 cm³/mol. The van der Waals surface area contributed by atoms with Crippen LogP contribution in [0.3, 0.4) is 0 Å². The zero-order valence-corrected chi connectivity index (χ0v) is 21.6. The summed E-state index contributed by atoms with van der Waals surface area (Å²) < 4.78 is 80.6. The third-order valence-electron chi connectivity index (χ3n) is 6.38. The second kappa shape index (κ2) is 9.72. The average Bonchev–Trinajstić information content (AvgIpc) is 3.47. The molecule has 1 aliphatic heterocycles. The van der Waals surface area contributed by atoms with Crippen LogP contribution in [-0.4, -0.2) is 54.8 Å². The number of pyridine rings is 2. The number of nitrogens with one attached hydrogen (secondary N) is 1. The Bertz CT molecular complexity index is 1700. The van der Waals surface area contributed by atoms with E-state index in [1.165, 1.54) is 23.0 Å². The highest BCUT2D eigenvalue weighted by atomic mass is 32.2. The maximum absolute atomic E-state index is 15.0. The van der Waals surface area contributed by atoms with Crippen LogP contribution in [0.25, 0.3) is 17.0 Å². The number of hydrogen-bond acceptors (Lipinski definition) is 6. The molecule has 0 spiro atoms. The van der Waals surface area contributed by atoms with Crippen LogP contribution >= 0.6 is 0 Å².